The van der Waals surface area contributed by atoms with Crippen molar-refractivity contribution in [1.29, 1.82) is 0 Å². The van der Waals surface area contributed by atoms with E-state index in [1.165, 1.54) is 0 Å². The topological polar surface area (TPSA) is 50.3 Å². The molecule has 5 nitrogen and oxygen atoms in total. The van der Waals surface area contributed by atoms with Crippen LogP contribution in [0.1, 0.15) is 13.8 Å². The molecule has 1 aromatic rings. The minimum absolute atomic E-state index is 0.430. The Morgan fingerprint density at radius 2 is 2.25 bits per heavy atom. The van der Waals surface area contributed by atoms with E-state index in [4.69, 9.17) is 4.74 Å². The molecule has 0 radical (unpaired) electrons. The van der Waals surface area contributed by atoms with Gasteiger partial charge in [-0.1, -0.05) is 0 Å². The molecule has 16 heavy (non-hydrogen) atoms. The van der Waals surface area contributed by atoms with Crippen molar-refractivity contribution in [2.24, 2.45) is 0 Å². The van der Waals surface area contributed by atoms with Gasteiger partial charge in [0.15, 0.2) is 0 Å². The first-order valence-electron chi connectivity index (χ1n) is 5.49. The largest absolute Gasteiger partial charge is 0.478 e. The summed E-state index contributed by atoms with van der Waals surface area (Å²) in [5, 5.41) is 3.18. The quantitative estimate of drug-likeness (QED) is 0.787. The Balaban J connectivity index is 2.50. The van der Waals surface area contributed by atoms with E-state index >= 15 is 0 Å². The molecule has 0 aromatic carbocycles. The van der Waals surface area contributed by atoms with Gasteiger partial charge in [0.1, 0.15) is 0 Å². The first-order chi connectivity index (χ1) is 7.63. The number of hydrogen-bond donors (Lipinski definition) is 1. The van der Waals surface area contributed by atoms with Crippen molar-refractivity contribution >= 4 is 5.95 Å². The second kappa shape index (κ2) is 6.27. The SMILES string of the molecule is CCOc1ccnc(NCC(C)N(C)C)n1. The molecule has 0 saturated carbocycles. The maximum atomic E-state index is 5.30. The number of anilines is 1. The molecule has 1 rings (SSSR count). The molecule has 1 heterocycles. The Morgan fingerprint density at radius 3 is 2.88 bits per heavy atom. The normalized spacial score (nSPS) is 12.6. The summed E-state index contributed by atoms with van der Waals surface area (Å²) in [5.74, 6) is 1.22. The van der Waals surface area contributed by atoms with Crippen molar-refractivity contribution in [3.8, 4) is 5.88 Å². The van der Waals surface area contributed by atoms with Gasteiger partial charge in [-0.05, 0) is 27.9 Å². The van der Waals surface area contributed by atoms with Gasteiger partial charge < -0.3 is 15.0 Å². The van der Waals surface area contributed by atoms with Gasteiger partial charge in [0, 0.05) is 24.8 Å². The fourth-order valence-corrected chi connectivity index (χ4v) is 1.08. The van der Waals surface area contributed by atoms with Crippen LogP contribution >= 0.6 is 0 Å². The van der Waals surface area contributed by atoms with Crippen LogP contribution in [0.3, 0.4) is 0 Å². The van der Waals surface area contributed by atoms with Crippen molar-refractivity contribution in [3.05, 3.63) is 12.3 Å². The lowest BCUT2D eigenvalue weighted by molar-refractivity contribution is 0.322. The summed E-state index contributed by atoms with van der Waals surface area (Å²) < 4.78 is 5.30. The molecule has 0 amide bonds. The molecule has 5 heteroatoms. The van der Waals surface area contributed by atoms with Crippen molar-refractivity contribution in [1.82, 2.24) is 14.9 Å². The standard InChI is InChI=1S/C11H20N4O/c1-5-16-10-6-7-12-11(14-10)13-8-9(2)15(3)4/h6-7,9H,5,8H2,1-4H3,(H,12,13,14). The molecule has 0 bridgehead atoms. The summed E-state index contributed by atoms with van der Waals surface area (Å²) >= 11 is 0. The average molecular weight is 224 g/mol. The van der Waals surface area contributed by atoms with Gasteiger partial charge in [-0.25, -0.2) is 4.98 Å². The lowest BCUT2D eigenvalue weighted by atomic mass is 10.3. The second-order valence-corrected chi connectivity index (χ2v) is 3.85. The van der Waals surface area contributed by atoms with Gasteiger partial charge >= 0.3 is 0 Å². The third-order valence-electron chi connectivity index (χ3n) is 2.36. The minimum atomic E-state index is 0.430. The fraction of sp³-hybridized carbons (Fsp3) is 0.636. The summed E-state index contributed by atoms with van der Waals surface area (Å²) in [7, 11) is 4.09. The second-order valence-electron chi connectivity index (χ2n) is 3.85. The summed E-state index contributed by atoms with van der Waals surface area (Å²) in [5.41, 5.74) is 0. The number of likely N-dealkylation sites (N-methyl/N-ethyl adjacent to an activating group) is 1. The Kier molecular flexibility index (Phi) is 4.98. The van der Waals surface area contributed by atoms with Crippen molar-refractivity contribution in [2.75, 3.05) is 32.6 Å². The Bertz CT molecular complexity index is 317. The van der Waals surface area contributed by atoms with Crippen LogP contribution in [-0.2, 0) is 0 Å². The molecule has 0 aliphatic heterocycles. The Morgan fingerprint density at radius 1 is 1.50 bits per heavy atom. The molecule has 1 aromatic heterocycles. The van der Waals surface area contributed by atoms with Crippen molar-refractivity contribution in [2.45, 2.75) is 19.9 Å². The number of ether oxygens (including phenoxy) is 1. The monoisotopic (exact) mass is 224 g/mol. The molecular formula is C11H20N4O. The van der Waals surface area contributed by atoms with Crippen LogP contribution in [0, 0.1) is 0 Å². The highest BCUT2D eigenvalue weighted by atomic mass is 16.5. The molecule has 0 aliphatic carbocycles. The van der Waals surface area contributed by atoms with E-state index in [2.05, 4.69) is 27.1 Å². The molecule has 1 unspecified atom stereocenters. The third kappa shape index (κ3) is 4.02. The molecule has 1 atom stereocenters. The van der Waals surface area contributed by atoms with E-state index in [1.807, 2.05) is 21.0 Å². The van der Waals surface area contributed by atoms with Crippen molar-refractivity contribution < 1.29 is 4.74 Å². The molecule has 0 fully saturated rings. The van der Waals surface area contributed by atoms with Crippen LogP contribution in [0.5, 0.6) is 5.88 Å². The van der Waals surface area contributed by atoms with Crippen LogP contribution < -0.4 is 10.1 Å². The number of nitrogens with one attached hydrogen (secondary N) is 1. The summed E-state index contributed by atoms with van der Waals surface area (Å²) in [6, 6.07) is 2.18. The lowest BCUT2D eigenvalue weighted by Crippen LogP contribution is -2.31. The highest BCUT2D eigenvalue weighted by Gasteiger charge is 2.05. The highest BCUT2D eigenvalue weighted by Crippen LogP contribution is 2.08. The minimum Gasteiger partial charge on any atom is -0.478 e. The van der Waals surface area contributed by atoms with E-state index < -0.39 is 0 Å². The maximum absolute atomic E-state index is 5.30. The number of aromatic nitrogens is 2. The summed E-state index contributed by atoms with van der Waals surface area (Å²) in [6.45, 7) is 5.50. The van der Waals surface area contributed by atoms with Gasteiger partial charge in [0.05, 0.1) is 6.61 Å². The Hall–Kier alpha value is -1.36. The van der Waals surface area contributed by atoms with Crippen LogP contribution in [0.4, 0.5) is 5.95 Å². The van der Waals surface area contributed by atoms with E-state index in [0.29, 0.717) is 24.5 Å². The first kappa shape index (κ1) is 12.7. The number of nitrogens with zero attached hydrogens (tertiary/aromatic N) is 3. The van der Waals surface area contributed by atoms with Gasteiger partial charge in [0.2, 0.25) is 11.8 Å². The number of hydrogen-bond acceptors (Lipinski definition) is 5. The molecule has 0 saturated heterocycles. The zero-order chi connectivity index (χ0) is 12.0. The molecule has 90 valence electrons. The number of rotatable bonds is 6. The lowest BCUT2D eigenvalue weighted by Gasteiger charge is -2.19. The van der Waals surface area contributed by atoms with E-state index in [-0.39, 0.29) is 0 Å². The third-order valence-corrected chi connectivity index (χ3v) is 2.36. The molecule has 0 aliphatic rings. The average Bonchev–Trinajstić information content (AvgIpc) is 2.26. The Labute approximate surface area is 96.8 Å². The summed E-state index contributed by atoms with van der Waals surface area (Å²) in [6.07, 6.45) is 1.70. The zero-order valence-electron chi connectivity index (χ0n) is 10.4. The molecular weight excluding hydrogens is 204 g/mol. The zero-order valence-corrected chi connectivity index (χ0v) is 10.4. The van der Waals surface area contributed by atoms with Gasteiger partial charge in [-0.2, -0.15) is 4.98 Å². The van der Waals surface area contributed by atoms with E-state index in [1.54, 1.807) is 12.3 Å². The highest BCUT2D eigenvalue weighted by molar-refractivity contribution is 5.27. The van der Waals surface area contributed by atoms with Gasteiger partial charge in [-0.3, -0.25) is 0 Å². The maximum Gasteiger partial charge on any atom is 0.225 e. The first-order valence-corrected chi connectivity index (χ1v) is 5.49. The smallest absolute Gasteiger partial charge is 0.225 e. The van der Waals surface area contributed by atoms with Gasteiger partial charge in [-0.15, -0.1) is 0 Å². The van der Waals surface area contributed by atoms with Crippen molar-refractivity contribution in [3.63, 3.8) is 0 Å². The fourth-order valence-electron chi connectivity index (χ4n) is 1.08. The summed E-state index contributed by atoms with van der Waals surface area (Å²) in [4.78, 5) is 10.5. The van der Waals surface area contributed by atoms with Crippen LogP contribution in [0.25, 0.3) is 0 Å². The van der Waals surface area contributed by atoms with E-state index in [9.17, 15) is 0 Å². The predicted molar refractivity (Wildman–Crippen MR) is 64.8 cm³/mol. The van der Waals surface area contributed by atoms with Gasteiger partial charge in [0.25, 0.3) is 0 Å². The van der Waals surface area contributed by atoms with E-state index in [0.717, 1.165) is 6.54 Å². The predicted octanol–water partition coefficient (Wildman–Crippen LogP) is 1.24. The van der Waals surface area contributed by atoms with Crippen LogP contribution in [-0.4, -0.2) is 48.2 Å². The molecule has 1 N–H and O–H groups in total. The molecule has 0 spiro atoms. The van der Waals surface area contributed by atoms with Crippen LogP contribution in [0.15, 0.2) is 12.3 Å². The van der Waals surface area contributed by atoms with Crippen LogP contribution in [0.2, 0.25) is 0 Å².